The average molecular weight is 527 g/mol. The molecule has 0 aliphatic carbocycles. The second-order valence-corrected chi connectivity index (χ2v) is 11.4. The molecule has 14 heteroatoms. The molecule has 0 aromatic carbocycles. The molecule has 36 heavy (non-hydrogen) atoms. The maximum Gasteiger partial charge on any atom is 0.413 e. The highest BCUT2D eigenvalue weighted by Crippen LogP contribution is 2.21. The number of rotatable bonds is 8. The predicted molar refractivity (Wildman–Crippen MR) is 132 cm³/mol. The van der Waals surface area contributed by atoms with Gasteiger partial charge < -0.3 is 30.7 Å². The summed E-state index contributed by atoms with van der Waals surface area (Å²) in [7, 11) is 0. The van der Waals surface area contributed by atoms with Gasteiger partial charge in [0.05, 0.1) is 6.04 Å². The number of β-lactam (4-membered cyclic amide) rings is 1. The van der Waals surface area contributed by atoms with Crippen LogP contribution in [0.5, 0.6) is 0 Å². The van der Waals surface area contributed by atoms with Crippen LogP contribution >= 0.6 is 11.3 Å². The summed E-state index contributed by atoms with van der Waals surface area (Å²) in [6, 6.07) is -1.31. The number of carbonyl (C=O) groups is 4. The van der Waals surface area contributed by atoms with E-state index in [2.05, 4.69) is 26.1 Å². The van der Waals surface area contributed by atoms with Crippen LogP contribution in [0.3, 0.4) is 0 Å². The van der Waals surface area contributed by atoms with Crippen molar-refractivity contribution in [1.29, 1.82) is 0 Å². The summed E-state index contributed by atoms with van der Waals surface area (Å²) in [5.74, 6) is -1.90. The van der Waals surface area contributed by atoms with Gasteiger partial charge in [-0.3, -0.25) is 14.9 Å². The van der Waals surface area contributed by atoms with E-state index in [0.29, 0.717) is 0 Å². The molecular formula is C22H34N6O7S. The second-order valence-electron chi connectivity index (χ2n) is 10.5. The van der Waals surface area contributed by atoms with Crippen molar-refractivity contribution in [2.45, 2.75) is 84.3 Å². The maximum absolute atomic E-state index is 13.1. The fourth-order valence-electron chi connectivity index (χ4n) is 2.65. The van der Waals surface area contributed by atoms with Crippen molar-refractivity contribution in [3.05, 3.63) is 11.1 Å². The molecule has 2 heterocycles. The zero-order chi connectivity index (χ0) is 27.5. The molecule has 0 radical (unpaired) electrons. The van der Waals surface area contributed by atoms with E-state index >= 15 is 0 Å². The molecule has 0 spiro atoms. The Morgan fingerprint density at radius 2 is 1.72 bits per heavy atom. The summed E-state index contributed by atoms with van der Waals surface area (Å²) < 4.78 is 10.5. The maximum atomic E-state index is 13.1. The Bertz CT molecular complexity index is 1040. The van der Waals surface area contributed by atoms with Crippen molar-refractivity contribution in [3.63, 3.8) is 0 Å². The van der Waals surface area contributed by atoms with Gasteiger partial charge in [-0.2, -0.15) is 0 Å². The summed E-state index contributed by atoms with van der Waals surface area (Å²) >= 11 is 1.01. The molecule has 3 amide bonds. The summed E-state index contributed by atoms with van der Waals surface area (Å²) in [4.78, 5) is 59.2. The molecule has 1 aromatic heterocycles. The number of nitrogens with one attached hydrogen (secondary N) is 3. The Morgan fingerprint density at radius 3 is 2.25 bits per heavy atom. The molecule has 1 fully saturated rings. The van der Waals surface area contributed by atoms with Gasteiger partial charge in [0.15, 0.2) is 10.8 Å². The molecule has 5 N–H and O–H groups in total. The summed E-state index contributed by atoms with van der Waals surface area (Å²) in [6.07, 6.45) is -0.731. The first-order valence-electron chi connectivity index (χ1n) is 11.2. The summed E-state index contributed by atoms with van der Waals surface area (Å²) in [6.45, 7) is 13.2. The van der Waals surface area contributed by atoms with Crippen LogP contribution in [-0.2, 0) is 28.7 Å². The largest absolute Gasteiger partial charge is 0.457 e. The molecule has 2 atom stereocenters. The number of thiazole rings is 1. The van der Waals surface area contributed by atoms with E-state index in [-0.39, 0.29) is 23.1 Å². The number of aromatic nitrogens is 1. The normalized spacial score (nSPS) is 18.5. The van der Waals surface area contributed by atoms with Gasteiger partial charge in [0.25, 0.3) is 5.91 Å². The van der Waals surface area contributed by atoms with Crippen LogP contribution < -0.4 is 21.7 Å². The van der Waals surface area contributed by atoms with E-state index in [1.54, 1.807) is 41.5 Å². The van der Waals surface area contributed by atoms with Crippen molar-refractivity contribution in [1.82, 2.24) is 15.6 Å². The van der Waals surface area contributed by atoms with Gasteiger partial charge in [0.2, 0.25) is 11.5 Å². The first-order valence-corrected chi connectivity index (χ1v) is 12.1. The van der Waals surface area contributed by atoms with Gasteiger partial charge in [-0.1, -0.05) is 5.16 Å². The zero-order valence-corrected chi connectivity index (χ0v) is 22.5. The van der Waals surface area contributed by atoms with Crippen molar-refractivity contribution in [3.8, 4) is 0 Å². The summed E-state index contributed by atoms with van der Waals surface area (Å²) in [5.41, 5.74) is 2.27. The molecule has 1 aliphatic heterocycles. The van der Waals surface area contributed by atoms with Gasteiger partial charge in [0, 0.05) is 11.9 Å². The van der Waals surface area contributed by atoms with Crippen molar-refractivity contribution >= 4 is 46.1 Å². The third kappa shape index (κ3) is 8.16. The number of amides is 3. The van der Waals surface area contributed by atoms with Crippen LogP contribution in [0, 0.1) is 0 Å². The molecule has 1 aromatic rings. The first kappa shape index (κ1) is 29.0. The number of hydrogen-bond acceptors (Lipinski definition) is 11. The molecular weight excluding hydrogens is 492 g/mol. The Balaban J connectivity index is 2.30. The predicted octanol–water partition coefficient (Wildman–Crippen LogP) is 1.27. The number of anilines is 1. The van der Waals surface area contributed by atoms with Crippen LogP contribution in [0.2, 0.25) is 0 Å². The van der Waals surface area contributed by atoms with Gasteiger partial charge >= 0.3 is 12.1 Å². The number of nitrogens with two attached hydrogens (primary N) is 1. The molecule has 1 saturated heterocycles. The monoisotopic (exact) mass is 526 g/mol. The lowest BCUT2D eigenvalue weighted by Gasteiger charge is -2.36. The summed E-state index contributed by atoms with van der Waals surface area (Å²) in [5, 5.41) is 13.1. The third-order valence-corrected chi connectivity index (χ3v) is 5.14. The van der Waals surface area contributed by atoms with Crippen LogP contribution in [0.4, 0.5) is 9.93 Å². The third-order valence-electron chi connectivity index (χ3n) is 4.38. The highest BCUT2D eigenvalue weighted by Gasteiger charge is 2.41. The SMILES string of the molecule is CC(C)(C)OC(=O)Nc1nc(/C(=N/OC(C)(C)C(=O)OC(C)(C)C)C(=O)NC2C(=O)N[C@H]2CN)cs1. The highest BCUT2D eigenvalue weighted by molar-refractivity contribution is 7.14. The number of esters is 1. The standard InChI is InChI=1S/C22H34N6O7S/c1-20(2,3)33-17(31)22(7,8)35-28-14(16(30)26-13-11(9-23)24-15(13)29)12-10-36-18(25-12)27-19(32)34-21(4,5)6/h10-11,13H,9,23H2,1-8H3,(H,24,29)(H,26,30)(H,25,27,32)/b28-14-/t11-,13?/m0/s1. The lowest BCUT2D eigenvalue weighted by Crippen LogP contribution is -2.71. The smallest absolute Gasteiger partial charge is 0.413 e. The van der Waals surface area contributed by atoms with Crippen LogP contribution in [0.25, 0.3) is 0 Å². The van der Waals surface area contributed by atoms with Gasteiger partial charge in [-0.25, -0.2) is 14.6 Å². The lowest BCUT2D eigenvalue weighted by atomic mass is 9.99. The number of hydrogen-bond donors (Lipinski definition) is 4. The van der Waals surface area contributed by atoms with Crippen LogP contribution in [0.15, 0.2) is 10.5 Å². The van der Waals surface area contributed by atoms with Crippen LogP contribution in [0.1, 0.15) is 61.1 Å². The number of carbonyl (C=O) groups excluding carboxylic acids is 4. The fraction of sp³-hybridized carbons (Fsp3) is 0.636. The Hall–Kier alpha value is -3.26. The van der Waals surface area contributed by atoms with Crippen molar-refractivity contribution in [2.75, 3.05) is 11.9 Å². The van der Waals surface area contributed by atoms with E-state index in [0.717, 1.165) is 11.3 Å². The van der Waals surface area contributed by atoms with E-state index in [9.17, 15) is 19.2 Å². The van der Waals surface area contributed by atoms with E-state index in [4.69, 9.17) is 20.0 Å². The minimum atomic E-state index is -1.56. The molecule has 0 saturated carbocycles. The van der Waals surface area contributed by atoms with Crippen molar-refractivity contribution < 1.29 is 33.5 Å². The molecule has 200 valence electrons. The first-order chi connectivity index (χ1) is 16.4. The number of ether oxygens (including phenoxy) is 2. The minimum absolute atomic E-state index is 0.0348. The zero-order valence-electron chi connectivity index (χ0n) is 21.7. The molecule has 1 aliphatic rings. The van der Waals surface area contributed by atoms with E-state index in [1.165, 1.54) is 19.2 Å². The average Bonchev–Trinajstić information content (AvgIpc) is 3.15. The minimum Gasteiger partial charge on any atom is -0.457 e. The van der Waals surface area contributed by atoms with Gasteiger partial charge in [-0.05, 0) is 55.4 Å². The molecule has 0 bridgehead atoms. The molecule has 2 rings (SSSR count). The topological polar surface area (TPSA) is 183 Å². The Morgan fingerprint density at radius 1 is 1.11 bits per heavy atom. The molecule has 13 nitrogen and oxygen atoms in total. The Kier molecular flexibility index (Phi) is 8.68. The van der Waals surface area contributed by atoms with Gasteiger partial charge in [0.1, 0.15) is 22.9 Å². The van der Waals surface area contributed by atoms with Crippen molar-refractivity contribution in [2.24, 2.45) is 10.9 Å². The number of oxime groups is 1. The highest BCUT2D eigenvalue weighted by atomic mass is 32.1. The van der Waals surface area contributed by atoms with E-state index < -0.39 is 52.8 Å². The lowest BCUT2D eigenvalue weighted by molar-refractivity contribution is -0.179. The second kappa shape index (κ2) is 10.8. The van der Waals surface area contributed by atoms with E-state index in [1.807, 2.05) is 0 Å². The quantitative estimate of drug-likeness (QED) is 0.168. The van der Waals surface area contributed by atoms with Gasteiger partial charge in [-0.15, -0.1) is 11.3 Å². The Labute approximate surface area is 213 Å². The number of nitrogens with zero attached hydrogens (tertiary/aromatic N) is 2. The molecule has 1 unspecified atom stereocenters. The fourth-order valence-corrected chi connectivity index (χ4v) is 3.33. The van der Waals surface area contributed by atoms with Crippen LogP contribution in [-0.4, -0.2) is 70.0 Å².